The van der Waals surface area contributed by atoms with E-state index in [9.17, 15) is 14.4 Å². The summed E-state index contributed by atoms with van der Waals surface area (Å²) in [6, 6.07) is 6.58. The van der Waals surface area contributed by atoms with Crippen LogP contribution in [-0.2, 0) is 20.8 Å². The van der Waals surface area contributed by atoms with Crippen molar-refractivity contribution in [3.8, 4) is 0 Å². The molecule has 19 heavy (non-hydrogen) atoms. The van der Waals surface area contributed by atoms with Crippen LogP contribution in [0, 0.1) is 0 Å². The SMILES string of the molecule is CC1C(=O)NC(=O)CN1C(=O)Cc1ccc(S)cc1. The molecular weight excluding hydrogens is 264 g/mol. The third kappa shape index (κ3) is 3.14. The Morgan fingerprint density at radius 3 is 2.63 bits per heavy atom. The monoisotopic (exact) mass is 278 g/mol. The van der Waals surface area contributed by atoms with Gasteiger partial charge in [0.2, 0.25) is 17.7 Å². The van der Waals surface area contributed by atoms with Crippen LogP contribution >= 0.6 is 12.6 Å². The Morgan fingerprint density at radius 1 is 1.37 bits per heavy atom. The Balaban J connectivity index is 2.08. The molecule has 1 heterocycles. The first-order valence-corrected chi connectivity index (χ1v) is 6.33. The van der Waals surface area contributed by atoms with Crippen molar-refractivity contribution in [2.24, 2.45) is 0 Å². The van der Waals surface area contributed by atoms with Crippen molar-refractivity contribution >= 4 is 30.4 Å². The molecule has 0 bridgehead atoms. The third-order valence-electron chi connectivity index (χ3n) is 3.04. The summed E-state index contributed by atoms with van der Waals surface area (Å²) in [6.07, 6.45) is 0.166. The van der Waals surface area contributed by atoms with Crippen LogP contribution in [0.3, 0.4) is 0 Å². The van der Waals surface area contributed by atoms with E-state index in [2.05, 4.69) is 17.9 Å². The lowest BCUT2D eigenvalue weighted by molar-refractivity contribution is -0.149. The van der Waals surface area contributed by atoms with Crippen LogP contribution in [0.1, 0.15) is 12.5 Å². The van der Waals surface area contributed by atoms with Crippen molar-refractivity contribution in [3.05, 3.63) is 29.8 Å². The smallest absolute Gasteiger partial charge is 0.249 e. The Bertz CT molecular complexity index is 527. The molecule has 1 aliphatic rings. The van der Waals surface area contributed by atoms with Gasteiger partial charge in [0.1, 0.15) is 12.6 Å². The molecule has 1 unspecified atom stereocenters. The highest BCUT2D eigenvalue weighted by Crippen LogP contribution is 2.12. The number of amides is 3. The third-order valence-corrected chi connectivity index (χ3v) is 3.33. The summed E-state index contributed by atoms with van der Waals surface area (Å²) in [5.41, 5.74) is 0.827. The number of nitrogens with one attached hydrogen (secondary N) is 1. The van der Waals surface area contributed by atoms with Crippen LogP contribution < -0.4 is 5.32 Å². The molecule has 100 valence electrons. The highest BCUT2D eigenvalue weighted by molar-refractivity contribution is 7.80. The minimum atomic E-state index is -0.616. The van der Waals surface area contributed by atoms with Crippen LogP contribution in [0.15, 0.2) is 29.2 Å². The molecule has 3 amide bonds. The van der Waals surface area contributed by atoms with Crippen molar-refractivity contribution in [1.29, 1.82) is 0 Å². The maximum absolute atomic E-state index is 12.1. The second-order valence-electron chi connectivity index (χ2n) is 4.45. The number of imide groups is 1. The number of carbonyl (C=O) groups excluding carboxylic acids is 3. The van der Waals surface area contributed by atoms with Gasteiger partial charge in [-0.25, -0.2) is 0 Å². The van der Waals surface area contributed by atoms with Crippen LogP contribution in [0.25, 0.3) is 0 Å². The maximum Gasteiger partial charge on any atom is 0.249 e. The lowest BCUT2D eigenvalue weighted by atomic mass is 10.1. The number of benzene rings is 1. The molecule has 1 aromatic carbocycles. The zero-order valence-electron chi connectivity index (χ0n) is 10.4. The van der Waals surface area contributed by atoms with Crippen LogP contribution in [0.4, 0.5) is 0 Å². The van der Waals surface area contributed by atoms with Gasteiger partial charge in [-0.2, -0.15) is 0 Å². The molecular formula is C13H14N2O3S. The number of hydrogen-bond donors (Lipinski definition) is 2. The Morgan fingerprint density at radius 2 is 2.00 bits per heavy atom. The largest absolute Gasteiger partial charge is 0.321 e. The van der Waals surface area contributed by atoms with E-state index >= 15 is 0 Å². The van der Waals surface area contributed by atoms with Gasteiger partial charge >= 0.3 is 0 Å². The van der Waals surface area contributed by atoms with E-state index in [0.717, 1.165) is 10.5 Å². The van der Waals surface area contributed by atoms with Crippen LogP contribution in [-0.4, -0.2) is 35.2 Å². The lowest BCUT2D eigenvalue weighted by Gasteiger charge is -2.31. The quantitative estimate of drug-likeness (QED) is 0.607. The van der Waals surface area contributed by atoms with Gasteiger partial charge in [-0.15, -0.1) is 12.6 Å². The summed E-state index contributed by atoms with van der Waals surface area (Å²) >= 11 is 4.17. The molecule has 1 aromatic rings. The van der Waals surface area contributed by atoms with Gasteiger partial charge in [-0.05, 0) is 24.6 Å². The summed E-state index contributed by atoms with van der Waals surface area (Å²) in [5.74, 6) is -1.11. The number of carbonyl (C=O) groups is 3. The van der Waals surface area contributed by atoms with E-state index in [-0.39, 0.29) is 18.9 Å². The van der Waals surface area contributed by atoms with E-state index in [0.29, 0.717) is 0 Å². The van der Waals surface area contributed by atoms with Crippen molar-refractivity contribution in [2.45, 2.75) is 24.3 Å². The first kappa shape index (κ1) is 13.6. The van der Waals surface area contributed by atoms with E-state index in [1.54, 1.807) is 31.2 Å². The topological polar surface area (TPSA) is 66.5 Å². The molecule has 6 heteroatoms. The van der Waals surface area contributed by atoms with E-state index in [1.807, 2.05) is 0 Å². The minimum Gasteiger partial charge on any atom is -0.321 e. The standard InChI is InChI=1S/C13H14N2O3S/c1-8-13(18)14-11(16)7-15(8)12(17)6-9-2-4-10(19)5-3-9/h2-5,8,19H,6-7H2,1H3,(H,14,16,18). The molecule has 1 saturated heterocycles. The van der Waals surface area contributed by atoms with Crippen LogP contribution in [0.5, 0.6) is 0 Å². The predicted octanol–water partition coefficient (Wildman–Crippen LogP) is 0.391. The molecule has 1 atom stereocenters. The molecule has 0 radical (unpaired) electrons. The Labute approximate surface area is 116 Å². The number of nitrogens with zero attached hydrogens (tertiary/aromatic N) is 1. The van der Waals surface area contributed by atoms with Gasteiger partial charge in [0.25, 0.3) is 0 Å². The van der Waals surface area contributed by atoms with Crippen molar-refractivity contribution in [2.75, 3.05) is 6.54 Å². The first-order chi connectivity index (χ1) is 8.97. The zero-order chi connectivity index (χ0) is 14.0. The average Bonchev–Trinajstić information content (AvgIpc) is 2.36. The highest BCUT2D eigenvalue weighted by atomic mass is 32.1. The maximum atomic E-state index is 12.1. The summed E-state index contributed by atoms with van der Waals surface area (Å²) < 4.78 is 0. The fourth-order valence-corrected chi connectivity index (χ4v) is 2.06. The van der Waals surface area contributed by atoms with Gasteiger partial charge in [-0.1, -0.05) is 12.1 Å². The van der Waals surface area contributed by atoms with Gasteiger partial charge < -0.3 is 4.90 Å². The van der Waals surface area contributed by atoms with Gasteiger partial charge in [-0.3, -0.25) is 19.7 Å². The lowest BCUT2D eigenvalue weighted by Crippen LogP contribution is -2.58. The zero-order valence-corrected chi connectivity index (χ0v) is 11.3. The summed E-state index contributed by atoms with van der Waals surface area (Å²) in [6.45, 7) is 1.53. The van der Waals surface area contributed by atoms with Gasteiger partial charge in [0.05, 0.1) is 6.42 Å². The number of hydrogen-bond acceptors (Lipinski definition) is 4. The van der Waals surface area contributed by atoms with Gasteiger partial charge in [0, 0.05) is 4.90 Å². The fraction of sp³-hybridized carbons (Fsp3) is 0.308. The molecule has 0 aromatic heterocycles. The van der Waals surface area contributed by atoms with Crippen molar-refractivity contribution < 1.29 is 14.4 Å². The number of piperazine rings is 1. The molecule has 2 rings (SSSR count). The average molecular weight is 278 g/mol. The number of rotatable bonds is 2. The van der Waals surface area contributed by atoms with Crippen LogP contribution in [0.2, 0.25) is 0 Å². The first-order valence-electron chi connectivity index (χ1n) is 5.88. The van der Waals surface area contributed by atoms with Crippen molar-refractivity contribution in [1.82, 2.24) is 10.2 Å². The van der Waals surface area contributed by atoms with Crippen molar-refractivity contribution in [3.63, 3.8) is 0 Å². The summed E-state index contributed by atoms with van der Waals surface area (Å²) in [5, 5.41) is 2.20. The summed E-state index contributed by atoms with van der Waals surface area (Å²) in [4.78, 5) is 37.0. The molecule has 1 aliphatic heterocycles. The second kappa shape index (κ2) is 5.44. The van der Waals surface area contributed by atoms with E-state index in [4.69, 9.17) is 0 Å². The molecule has 0 aliphatic carbocycles. The Kier molecular flexibility index (Phi) is 3.90. The summed E-state index contributed by atoms with van der Waals surface area (Å²) in [7, 11) is 0. The number of thiol groups is 1. The fourth-order valence-electron chi connectivity index (χ4n) is 1.91. The van der Waals surface area contributed by atoms with Gasteiger partial charge in [0.15, 0.2) is 0 Å². The van der Waals surface area contributed by atoms with E-state index in [1.165, 1.54) is 4.90 Å². The normalized spacial score (nSPS) is 19.3. The predicted molar refractivity (Wildman–Crippen MR) is 71.7 cm³/mol. The molecule has 5 nitrogen and oxygen atoms in total. The molecule has 0 saturated carbocycles. The minimum absolute atomic E-state index is 0.0730. The molecule has 1 N–H and O–H groups in total. The highest BCUT2D eigenvalue weighted by Gasteiger charge is 2.33. The van der Waals surface area contributed by atoms with E-state index < -0.39 is 17.9 Å². The molecule has 0 spiro atoms. The Hall–Kier alpha value is -1.82. The molecule has 1 fully saturated rings. The second-order valence-corrected chi connectivity index (χ2v) is 4.97.